The van der Waals surface area contributed by atoms with Gasteiger partial charge in [0.05, 0.1) is 25.8 Å². The molecule has 0 bridgehead atoms. The average molecular weight is 573 g/mol. The van der Waals surface area contributed by atoms with Crippen molar-refractivity contribution in [1.29, 1.82) is 0 Å². The molecular weight excluding hydrogens is 530 g/mol. The predicted molar refractivity (Wildman–Crippen MR) is 162 cm³/mol. The Labute approximate surface area is 247 Å². The molecule has 1 aliphatic carbocycles. The van der Waals surface area contributed by atoms with Crippen molar-refractivity contribution in [3.8, 4) is 5.75 Å². The van der Waals surface area contributed by atoms with Crippen molar-refractivity contribution >= 4 is 16.7 Å². The minimum absolute atomic E-state index is 0.0894. The number of ether oxygens (including phenoxy) is 3. The maximum absolute atomic E-state index is 12.5. The van der Waals surface area contributed by atoms with E-state index in [2.05, 4.69) is 42.2 Å². The van der Waals surface area contributed by atoms with Crippen LogP contribution < -0.4 is 15.6 Å². The number of methoxy groups -OCH3 is 1. The molecule has 4 aliphatic rings. The lowest BCUT2D eigenvalue weighted by atomic mass is 9.84. The summed E-state index contributed by atoms with van der Waals surface area (Å²) in [4.78, 5) is 12.5. The van der Waals surface area contributed by atoms with E-state index < -0.39 is 12.1 Å². The van der Waals surface area contributed by atoms with Crippen molar-refractivity contribution in [1.82, 2.24) is 10.9 Å². The summed E-state index contributed by atoms with van der Waals surface area (Å²) >= 11 is 0. The van der Waals surface area contributed by atoms with Crippen molar-refractivity contribution in [2.24, 2.45) is 5.92 Å². The van der Waals surface area contributed by atoms with Crippen LogP contribution in [0, 0.1) is 5.92 Å². The van der Waals surface area contributed by atoms with Crippen molar-refractivity contribution in [2.45, 2.75) is 51.2 Å². The van der Waals surface area contributed by atoms with Gasteiger partial charge in [-0.2, -0.15) is 0 Å². The van der Waals surface area contributed by atoms with Gasteiger partial charge in [0.15, 0.2) is 12.8 Å². The molecule has 8 nitrogen and oxygen atoms in total. The summed E-state index contributed by atoms with van der Waals surface area (Å²) < 4.78 is 18.8. The van der Waals surface area contributed by atoms with Crippen LogP contribution in [0.15, 0.2) is 88.8 Å². The molecule has 1 saturated heterocycles. The van der Waals surface area contributed by atoms with E-state index in [-0.39, 0.29) is 12.6 Å². The lowest BCUT2D eigenvalue weighted by Gasteiger charge is -2.35. The monoisotopic (exact) mass is 572 g/mol. The first-order valence-electron chi connectivity index (χ1n) is 15.1. The number of nitrogens with zero attached hydrogens (tertiary/aromatic N) is 1. The molecule has 0 saturated carbocycles. The van der Waals surface area contributed by atoms with Gasteiger partial charge in [-0.3, -0.25) is 5.43 Å². The number of aliphatic carboxylic acids is 1. The van der Waals surface area contributed by atoms with Gasteiger partial charge in [-0.05, 0) is 60.8 Å². The van der Waals surface area contributed by atoms with E-state index in [0.717, 1.165) is 54.4 Å². The Kier molecular flexibility index (Phi) is 8.60. The molecule has 3 aliphatic heterocycles. The maximum Gasteiger partial charge on any atom is 0.337 e. The van der Waals surface area contributed by atoms with Gasteiger partial charge >= 0.3 is 5.97 Å². The third kappa shape index (κ3) is 5.57. The molecule has 6 rings (SSSR count). The standard InChI is InChI=1S/C34H41N3O5/c1-23-20-37(22-40-2)17-7-11-25(12-8-18-41-31-16-5-10-24-9-3-4-13-27(24)31)33(34(38)39)42-21-30-29(19-35-36-30)28-15-6-14-26(23)32(28)37/h3-5,7,9-11,13,16-17,23,30,33,35-36H,6,8,12,14-15,18-22H2,1-2H3/p+1/b17-7+,25-11-,29-28-. The molecular formula is C34H42N3O5+. The summed E-state index contributed by atoms with van der Waals surface area (Å²) in [7, 11) is 1.77. The van der Waals surface area contributed by atoms with Crippen LogP contribution in [0.25, 0.3) is 10.8 Å². The van der Waals surface area contributed by atoms with Crippen molar-refractivity contribution in [3.05, 3.63) is 88.8 Å². The van der Waals surface area contributed by atoms with Crippen molar-refractivity contribution in [3.63, 3.8) is 0 Å². The van der Waals surface area contributed by atoms with Gasteiger partial charge in [0.1, 0.15) is 17.6 Å². The van der Waals surface area contributed by atoms with E-state index in [1.54, 1.807) is 7.11 Å². The average Bonchev–Trinajstić information content (AvgIpc) is 3.57. The predicted octanol–water partition coefficient (Wildman–Crippen LogP) is 5.20. The van der Waals surface area contributed by atoms with Crippen LogP contribution in [-0.2, 0) is 14.3 Å². The van der Waals surface area contributed by atoms with Gasteiger partial charge in [0.25, 0.3) is 0 Å². The van der Waals surface area contributed by atoms with E-state index in [1.807, 2.05) is 36.4 Å². The molecule has 222 valence electrons. The highest BCUT2D eigenvalue weighted by molar-refractivity contribution is 5.88. The fourth-order valence-electron chi connectivity index (χ4n) is 7.33. The SMILES string of the molecule is COC[N+]12/C=C/C=C(/CCCOc3cccc4ccccc34)C(C(=O)O)OCC3NNC/C3=C3\CCCC(=C31)C(C)C2. The molecule has 8 heteroatoms. The second kappa shape index (κ2) is 12.5. The minimum atomic E-state index is -1.04. The summed E-state index contributed by atoms with van der Waals surface area (Å²) in [6, 6.07) is 14.1. The van der Waals surface area contributed by atoms with E-state index in [1.165, 1.54) is 22.4 Å². The molecule has 1 fully saturated rings. The highest BCUT2D eigenvalue weighted by Gasteiger charge is 2.47. The van der Waals surface area contributed by atoms with Crippen LogP contribution in [0.3, 0.4) is 0 Å². The van der Waals surface area contributed by atoms with Crippen LogP contribution in [0.5, 0.6) is 5.75 Å². The van der Waals surface area contributed by atoms with Gasteiger partial charge in [0.2, 0.25) is 0 Å². The van der Waals surface area contributed by atoms with E-state index in [0.29, 0.717) is 36.6 Å². The van der Waals surface area contributed by atoms with Gasteiger partial charge in [-0.15, -0.1) is 0 Å². The number of carbonyl (C=O) groups is 1. The number of nitrogens with one attached hydrogen (secondary N) is 2. The summed E-state index contributed by atoms with van der Waals surface area (Å²) in [5.41, 5.74) is 13.0. The van der Waals surface area contributed by atoms with E-state index >= 15 is 0 Å². The quantitative estimate of drug-likeness (QED) is 0.296. The third-order valence-electron chi connectivity index (χ3n) is 9.11. The van der Waals surface area contributed by atoms with Gasteiger partial charge < -0.3 is 19.3 Å². The number of fused-ring (bicyclic) bond motifs is 2. The first-order chi connectivity index (χ1) is 20.5. The zero-order valence-corrected chi connectivity index (χ0v) is 24.6. The zero-order valence-electron chi connectivity index (χ0n) is 24.6. The van der Waals surface area contributed by atoms with Crippen LogP contribution in [-0.4, -0.2) is 67.8 Å². The Hall–Kier alpha value is -3.27. The molecule has 42 heavy (non-hydrogen) atoms. The number of hydrazine groups is 1. The molecule has 0 spiro atoms. The van der Waals surface area contributed by atoms with Gasteiger partial charge in [-0.25, -0.2) is 14.7 Å². The first-order valence-corrected chi connectivity index (χ1v) is 15.1. The second-order valence-corrected chi connectivity index (χ2v) is 11.9. The van der Waals surface area contributed by atoms with Crippen molar-refractivity contribution in [2.75, 3.05) is 40.1 Å². The molecule has 0 aromatic heterocycles. The molecule has 0 amide bonds. The number of carboxylic acids is 1. The normalized spacial score (nSPS) is 31.5. The van der Waals surface area contributed by atoms with E-state index in [4.69, 9.17) is 14.2 Å². The van der Waals surface area contributed by atoms with Crippen LogP contribution in [0.1, 0.15) is 39.0 Å². The topological polar surface area (TPSA) is 89.1 Å². The summed E-state index contributed by atoms with van der Waals surface area (Å²) in [6.45, 7) is 5.29. The number of hydrogen-bond donors (Lipinski definition) is 3. The summed E-state index contributed by atoms with van der Waals surface area (Å²) in [5, 5.41) is 12.5. The number of hydrogen-bond acceptors (Lipinski definition) is 6. The van der Waals surface area contributed by atoms with E-state index in [9.17, 15) is 9.90 Å². The molecule has 4 atom stereocenters. The third-order valence-corrected chi connectivity index (χ3v) is 9.11. The van der Waals surface area contributed by atoms with Crippen LogP contribution >= 0.6 is 0 Å². The van der Waals surface area contributed by atoms with Crippen LogP contribution in [0.2, 0.25) is 0 Å². The highest BCUT2D eigenvalue weighted by Crippen LogP contribution is 2.48. The minimum Gasteiger partial charge on any atom is -0.493 e. The second-order valence-electron chi connectivity index (χ2n) is 11.9. The fraction of sp³-hybridized carbons (Fsp3) is 0.441. The molecule has 2 aromatic carbocycles. The fourth-order valence-corrected chi connectivity index (χ4v) is 7.33. The Balaban J connectivity index is 1.30. The molecule has 4 unspecified atom stereocenters. The first kappa shape index (κ1) is 28.8. The van der Waals surface area contributed by atoms with Crippen molar-refractivity contribution < 1.29 is 28.6 Å². The molecule has 3 N–H and O–H groups in total. The summed E-state index contributed by atoms with van der Waals surface area (Å²) in [5.74, 6) is 0.324. The lowest BCUT2D eigenvalue weighted by molar-refractivity contribution is -0.856. The van der Waals surface area contributed by atoms with Gasteiger partial charge in [-0.1, -0.05) is 49.4 Å². The Morgan fingerprint density at radius 3 is 2.86 bits per heavy atom. The molecule has 3 heterocycles. The molecule has 2 aromatic rings. The largest absolute Gasteiger partial charge is 0.493 e. The number of carboxylic acid groups (broad SMARTS) is 1. The highest BCUT2D eigenvalue weighted by atomic mass is 16.5. The Morgan fingerprint density at radius 2 is 2.00 bits per heavy atom. The Morgan fingerprint density at radius 1 is 1.14 bits per heavy atom. The number of allylic oxidation sites excluding steroid dienone is 3. The zero-order chi connectivity index (χ0) is 29.1. The smallest absolute Gasteiger partial charge is 0.337 e. The number of benzene rings is 2. The number of quaternary nitrogens is 1. The Bertz CT molecular complexity index is 1450. The summed E-state index contributed by atoms with van der Waals surface area (Å²) in [6.07, 6.45) is 9.63. The maximum atomic E-state index is 12.5. The molecule has 0 radical (unpaired) electrons. The lowest BCUT2D eigenvalue weighted by Crippen LogP contribution is -2.44. The number of rotatable bonds is 8. The van der Waals surface area contributed by atoms with Crippen LogP contribution in [0.4, 0.5) is 0 Å². The van der Waals surface area contributed by atoms with Gasteiger partial charge in [0, 0.05) is 36.1 Å².